The van der Waals surface area contributed by atoms with Crippen LogP contribution in [0.5, 0.6) is 5.75 Å². The number of amides is 1. The first-order valence-electron chi connectivity index (χ1n) is 12.4. The highest BCUT2D eigenvalue weighted by molar-refractivity contribution is 5.77. The normalized spacial score (nSPS) is 19.3. The molecule has 0 radical (unpaired) electrons. The number of nitrogens with zero attached hydrogens (tertiary/aromatic N) is 5. The average molecular weight is 448 g/mol. The molecule has 7 heteroatoms. The summed E-state index contributed by atoms with van der Waals surface area (Å²) in [5, 5.41) is 4.92. The topological polar surface area (TPSA) is 73.1 Å². The second-order valence-corrected chi connectivity index (χ2v) is 9.37. The van der Waals surface area contributed by atoms with Gasteiger partial charge in [0.25, 0.3) is 0 Å². The van der Waals surface area contributed by atoms with Crippen LogP contribution in [-0.2, 0) is 11.3 Å². The molecular weight excluding hydrogens is 414 g/mol. The highest BCUT2D eigenvalue weighted by atomic mass is 16.5. The third-order valence-corrected chi connectivity index (χ3v) is 7.11. The van der Waals surface area contributed by atoms with E-state index in [1.807, 2.05) is 35.0 Å². The van der Waals surface area contributed by atoms with Gasteiger partial charge in [-0.3, -0.25) is 4.79 Å². The third kappa shape index (κ3) is 5.18. The Balaban J connectivity index is 1.26. The predicted molar refractivity (Wildman–Crippen MR) is 127 cm³/mol. The van der Waals surface area contributed by atoms with Gasteiger partial charge in [-0.1, -0.05) is 43.9 Å². The Hall–Kier alpha value is -2.96. The molecule has 33 heavy (non-hydrogen) atoms. The lowest BCUT2D eigenvalue weighted by atomic mass is 9.93. The Morgan fingerprint density at radius 3 is 2.70 bits per heavy atom. The average Bonchev–Trinajstić information content (AvgIpc) is 3.52. The maximum absolute atomic E-state index is 12.9. The Bertz CT molecular complexity index is 1060. The molecule has 0 bridgehead atoms. The molecule has 1 saturated heterocycles. The van der Waals surface area contributed by atoms with Crippen molar-refractivity contribution in [2.24, 2.45) is 5.92 Å². The van der Waals surface area contributed by atoms with Gasteiger partial charge in [0.05, 0.1) is 12.2 Å². The molecule has 5 rings (SSSR count). The summed E-state index contributed by atoms with van der Waals surface area (Å²) < 4.78 is 7.77. The Kier molecular flexibility index (Phi) is 6.84. The zero-order valence-corrected chi connectivity index (χ0v) is 19.2. The van der Waals surface area contributed by atoms with Crippen LogP contribution < -0.4 is 4.74 Å². The summed E-state index contributed by atoms with van der Waals surface area (Å²) >= 11 is 0. The molecule has 3 heterocycles. The van der Waals surface area contributed by atoms with Crippen molar-refractivity contribution < 1.29 is 9.53 Å². The van der Waals surface area contributed by atoms with Crippen molar-refractivity contribution in [1.29, 1.82) is 0 Å². The van der Waals surface area contributed by atoms with Crippen LogP contribution in [0, 0.1) is 5.92 Å². The molecule has 0 N–H and O–H groups in total. The number of rotatable bonds is 8. The predicted octanol–water partition coefficient (Wildman–Crippen LogP) is 4.58. The molecular formula is C26H33N5O2. The van der Waals surface area contributed by atoms with Crippen molar-refractivity contribution in [3.05, 3.63) is 48.4 Å². The monoisotopic (exact) mass is 447 g/mol. The molecule has 1 aliphatic carbocycles. The lowest BCUT2D eigenvalue weighted by molar-refractivity contribution is -0.132. The van der Waals surface area contributed by atoms with Crippen LogP contribution in [0.4, 0.5) is 0 Å². The Morgan fingerprint density at radius 2 is 1.85 bits per heavy atom. The van der Waals surface area contributed by atoms with Gasteiger partial charge in [-0.2, -0.15) is 5.10 Å². The van der Waals surface area contributed by atoms with Gasteiger partial charge in [0.15, 0.2) is 5.65 Å². The van der Waals surface area contributed by atoms with E-state index in [2.05, 4.69) is 14.9 Å². The Morgan fingerprint density at radius 1 is 1.03 bits per heavy atom. The number of likely N-dealkylation sites (tertiary alicyclic amines) is 1. The smallest absolute Gasteiger partial charge is 0.222 e. The third-order valence-electron chi connectivity index (χ3n) is 7.11. The van der Waals surface area contributed by atoms with E-state index in [-0.39, 0.29) is 5.92 Å². The summed E-state index contributed by atoms with van der Waals surface area (Å²) in [5.41, 5.74) is 2.60. The van der Waals surface area contributed by atoms with Gasteiger partial charge in [-0.15, -0.1) is 0 Å². The minimum Gasteiger partial charge on any atom is -0.492 e. The first kappa shape index (κ1) is 21.9. The molecule has 1 aliphatic heterocycles. The van der Waals surface area contributed by atoms with Crippen LogP contribution in [0.3, 0.4) is 0 Å². The molecule has 1 amide bonds. The van der Waals surface area contributed by atoms with Gasteiger partial charge >= 0.3 is 0 Å². The number of hydrogen-bond donors (Lipinski definition) is 0. The van der Waals surface area contributed by atoms with Crippen molar-refractivity contribution >= 4 is 17.1 Å². The first-order valence-corrected chi connectivity index (χ1v) is 12.4. The number of aromatic nitrogens is 4. The number of fused-ring (bicyclic) bond motifs is 1. The lowest BCUT2D eigenvalue weighted by Gasteiger charge is -2.32. The number of carbonyl (C=O) groups is 1. The van der Waals surface area contributed by atoms with E-state index in [9.17, 15) is 4.79 Å². The summed E-state index contributed by atoms with van der Waals surface area (Å²) in [7, 11) is 0. The molecule has 2 aliphatic rings. The van der Waals surface area contributed by atoms with E-state index < -0.39 is 0 Å². The maximum Gasteiger partial charge on any atom is 0.222 e. The van der Waals surface area contributed by atoms with Gasteiger partial charge in [0, 0.05) is 37.8 Å². The lowest BCUT2D eigenvalue weighted by Crippen LogP contribution is -2.39. The summed E-state index contributed by atoms with van der Waals surface area (Å²) in [6, 6.07) is 9.81. The fraction of sp³-hybridized carbons (Fsp3) is 0.538. The molecule has 1 saturated carbocycles. The van der Waals surface area contributed by atoms with E-state index in [4.69, 9.17) is 9.84 Å². The van der Waals surface area contributed by atoms with Crippen LogP contribution in [0.25, 0.3) is 11.2 Å². The molecule has 2 aromatic heterocycles. The minimum absolute atomic E-state index is 0.199. The quantitative estimate of drug-likeness (QED) is 0.505. The second kappa shape index (κ2) is 10.3. The van der Waals surface area contributed by atoms with E-state index >= 15 is 0 Å². The van der Waals surface area contributed by atoms with Crippen LogP contribution in [0.15, 0.2) is 42.7 Å². The van der Waals surface area contributed by atoms with Gasteiger partial charge in [-0.05, 0) is 37.3 Å². The van der Waals surface area contributed by atoms with E-state index in [0.29, 0.717) is 25.5 Å². The van der Waals surface area contributed by atoms with Gasteiger partial charge in [-0.25, -0.2) is 14.6 Å². The van der Waals surface area contributed by atoms with Gasteiger partial charge in [0.1, 0.15) is 17.9 Å². The number of ether oxygens (including phenoxy) is 1. The van der Waals surface area contributed by atoms with E-state index in [1.54, 1.807) is 12.4 Å². The molecule has 1 atom stereocenters. The number of benzene rings is 1. The first-order chi connectivity index (χ1) is 16.3. The number of carbonyl (C=O) groups excluding carboxylic acids is 1. The molecule has 1 aromatic carbocycles. The highest BCUT2D eigenvalue weighted by Crippen LogP contribution is 2.32. The number of piperidine rings is 1. The zero-order valence-electron chi connectivity index (χ0n) is 19.2. The summed E-state index contributed by atoms with van der Waals surface area (Å²) in [6.07, 6.45) is 12.5. The summed E-state index contributed by atoms with van der Waals surface area (Å²) in [5.74, 6) is 2.10. The second-order valence-electron chi connectivity index (χ2n) is 9.37. The molecule has 2 fully saturated rings. The van der Waals surface area contributed by atoms with Crippen LogP contribution in [0.2, 0.25) is 0 Å². The van der Waals surface area contributed by atoms with Crippen molar-refractivity contribution in [3.63, 3.8) is 0 Å². The van der Waals surface area contributed by atoms with E-state index in [1.165, 1.54) is 25.7 Å². The fourth-order valence-electron chi connectivity index (χ4n) is 5.33. The van der Waals surface area contributed by atoms with Crippen LogP contribution in [0.1, 0.15) is 63.0 Å². The zero-order chi connectivity index (χ0) is 22.5. The van der Waals surface area contributed by atoms with Gasteiger partial charge in [0.2, 0.25) is 5.91 Å². The molecule has 174 valence electrons. The maximum atomic E-state index is 12.9. The Labute approximate surface area is 195 Å². The number of para-hydroxylation sites is 1. The van der Waals surface area contributed by atoms with Crippen LogP contribution >= 0.6 is 0 Å². The fourth-order valence-corrected chi connectivity index (χ4v) is 5.33. The molecule has 0 unspecified atom stereocenters. The standard InChI is InChI=1S/C26H33N5O2/c32-23(13-12-20-7-4-5-8-20)30-16-6-9-21(19-30)24-25-26(28-15-14-27-25)31(29-24)17-18-33-22-10-2-1-3-11-22/h1-3,10-11,14-15,20-21H,4-9,12-13,16-19H2/t21-/m0/s1. The molecule has 0 spiro atoms. The highest BCUT2D eigenvalue weighted by Gasteiger charge is 2.29. The summed E-state index contributed by atoms with van der Waals surface area (Å²) in [4.78, 5) is 24.2. The molecule has 3 aromatic rings. The largest absolute Gasteiger partial charge is 0.492 e. The summed E-state index contributed by atoms with van der Waals surface area (Å²) in [6.45, 7) is 2.69. The van der Waals surface area contributed by atoms with Crippen LogP contribution in [-0.4, -0.2) is 50.3 Å². The van der Waals surface area contributed by atoms with E-state index in [0.717, 1.165) is 60.9 Å². The van der Waals surface area contributed by atoms with Gasteiger partial charge < -0.3 is 9.64 Å². The van der Waals surface area contributed by atoms with Crippen molar-refractivity contribution in [2.75, 3.05) is 19.7 Å². The van der Waals surface area contributed by atoms with Crippen molar-refractivity contribution in [2.45, 2.75) is 63.8 Å². The van der Waals surface area contributed by atoms with Crippen molar-refractivity contribution in [1.82, 2.24) is 24.6 Å². The SMILES string of the molecule is O=C(CCC1CCCC1)N1CCC[C@H](c2nn(CCOc3ccccc3)c3nccnc23)C1. The number of hydrogen-bond acceptors (Lipinski definition) is 5. The minimum atomic E-state index is 0.199. The van der Waals surface area contributed by atoms with Crippen molar-refractivity contribution in [3.8, 4) is 5.75 Å². The molecule has 7 nitrogen and oxygen atoms in total.